The van der Waals surface area contributed by atoms with Crippen molar-refractivity contribution in [3.05, 3.63) is 18.1 Å². The second-order valence-electron chi connectivity index (χ2n) is 4.38. The summed E-state index contributed by atoms with van der Waals surface area (Å²) in [7, 11) is 1.65. The van der Waals surface area contributed by atoms with Gasteiger partial charge in [-0.2, -0.15) is 0 Å². The normalized spacial score (nSPS) is 16.8. The molecule has 1 unspecified atom stereocenters. The highest BCUT2D eigenvalue weighted by Crippen LogP contribution is 2.19. The van der Waals surface area contributed by atoms with Gasteiger partial charge >= 0.3 is 0 Å². The fourth-order valence-electron chi connectivity index (χ4n) is 1.51. The predicted octanol–water partition coefficient (Wildman–Crippen LogP) is 1.14. The molecule has 5 heteroatoms. The SMILES string of the molecule is COCC(C)Oc1cnc(CNC2CC2)cn1. The van der Waals surface area contributed by atoms with Crippen molar-refractivity contribution in [2.45, 2.75) is 38.5 Å². The van der Waals surface area contributed by atoms with Crippen LogP contribution in [-0.2, 0) is 11.3 Å². The van der Waals surface area contributed by atoms with Crippen molar-refractivity contribution in [1.82, 2.24) is 15.3 Å². The van der Waals surface area contributed by atoms with E-state index in [4.69, 9.17) is 9.47 Å². The Balaban J connectivity index is 1.79. The van der Waals surface area contributed by atoms with Gasteiger partial charge < -0.3 is 14.8 Å². The van der Waals surface area contributed by atoms with Crippen molar-refractivity contribution in [3.8, 4) is 5.88 Å². The fraction of sp³-hybridized carbons (Fsp3) is 0.667. The molecule has 1 aliphatic rings. The topological polar surface area (TPSA) is 56.3 Å². The summed E-state index contributed by atoms with van der Waals surface area (Å²) in [5, 5.41) is 3.39. The molecule has 0 bridgehead atoms. The molecule has 1 atom stereocenters. The minimum atomic E-state index is -0.00950. The molecule has 1 aromatic rings. The third-order valence-electron chi connectivity index (χ3n) is 2.55. The van der Waals surface area contributed by atoms with Crippen LogP contribution in [0.4, 0.5) is 0 Å². The lowest BCUT2D eigenvalue weighted by molar-refractivity contribution is 0.0886. The lowest BCUT2D eigenvalue weighted by Gasteiger charge is -2.12. The molecule has 1 heterocycles. The first-order chi connectivity index (χ1) is 8.28. The molecule has 17 heavy (non-hydrogen) atoms. The first kappa shape index (κ1) is 12.3. The Hall–Kier alpha value is -1.20. The summed E-state index contributed by atoms with van der Waals surface area (Å²) in [5.41, 5.74) is 0.948. The van der Waals surface area contributed by atoms with Crippen molar-refractivity contribution in [2.24, 2.45) is 0 Å². The van der Waals surface area contributed by atoms with Crippen LogP contribution >= 0.6 is 0 Å². The maximum Gasteiger partial charge on any atom is 0.232 e. The highest BCUT2D eigenvalue weighted by molar-refractivity contribution is 5.07. The number of rotatable bonds is 7. The van der Waals surface area contributed by atoms with E-state index in [9.17, 15) is 0 Å². The Morgan fingerprint density at radius 2 is 2.24 bits per heavy atom. The van der Waals surface area contributed by atoms with Crippen LogP contribution in [0.1, 0.15) is 25.5 Å². The van der Waals surface area contributed by atoms with Crippen LogP contribution in [0, 0.1) is 0 Å². The molecule has 0 aliphatic heterocycles. The van der Waals surface area contributed by atoms with Gasteiger partial charge in [0.15, 0.2) is 0 Å². The third-order valence-corrected chi connectivity index (χ3v) is 2.55. The molecule has 1 aromatic heterocycles. The van der Waals surface area contributed by atoms with Gasteiger partial charge in [-0.15, -0.1) is 0 Å². The molecule has 1 N–H and O–H groups in total. The Morgan fingerprint density at radius 1 is 1.41 bits per heavy atom. The molecule has 0 spiro atoms. The molecular weight excluding hydrogens is 218 g/mol. The van der Waals surface area contributed by atoms with Gasteiger partial charge in [-0.05, 0) is 19.8 Å². The van der Waals surface area contributed by atoms with Gasteiger partial charge in [-0.25, -0.2) is 4.98 Å². The minimum Gasteiger partial charge on any atom is -0.471 e. The van der Waals surface area contributed by atoms with E-state index in [0.717, 1.165) is 12.2 Å². The molecule has 0 aromatic carbocycles. The van der Waals surface area contributed by atoms with Crippen LogP contribution in [0.15, 0.2) is 12.4 Å². The van der Waals surface area contributed by atoms with Gasteiger partial charge in [0.25, 0.3) is 0 Å². The van der Waals surface area contributed by atoms with E-state index in [1.807, 2.05) is 6.92 Å². The smallest absolute Gasteiger partial charge is 0.232 e. The maximum absolute atomic E-state index is 5.53. The second kappa shape index (κ2) is 5.93. The van der Waals surface area contributed by atoms with Crippen molar-refractivity contribution in [3.63, 3.8) is 0 Å². The standard InChI is InChI=1S/C12H19N3O2/c1-9(8-16-2)17-12-7-14-11(6-15-12)5-13-10-3-4-10/h6-7,9-10,13H,3-5,8H2,1-2H3. The van der Waals surface area contributed by atoms with Gasteiger partial charge in [0, 0.05) is 19.7 Å². The largest absolute Gasteiger partial charge is 0.471 e. The highest BCUT2D eigenvalue weighted by atomic mass is 16.5. The molecule has 5 nitrogen and oxygen atoms in total. The summed E-state index contributed by atoms with van der Waals surface area (Å²) in [4.78, 5) is 8.52. The first-order valence-corrected chi connectivity index (χ1v) is 5.98. The van der Waals surface area contributed by atoms with Crippen molar-refractivity contribution in [1.29, 1.82) is 0 Å². The molecule has 0 amide bonds. The van der Waals surface area contributed by atoms with E-state index in [1.165, 1.54) is 12.8 Å². The average Bonchev–Trinajstić information content (AvgIpc) is 3.12. The Kier molecular flexibility index (Phi) is 4.28. The van der Waals surface area contributed by atoms with Crippen LogP contribution in [0.25, 0.3) is 0 Å². The van der Waals surface area contributed by atoms with Gasteiger partial charge in [0.05, 0.1) is 24.7 Å². The van der Waals surface area contributed by atoms with E-state index in [0.29, 0.717) is 18.5 Å². The molecule has 0 saturated heterocycles. The lowest BCUT2D eigenvalue weighted by Crippen LogP contribution is -2.19. The van der Waals surface area contributed by atoms with Crippen LogP contribution in [0.2, 0.25) is 0 Å². The van der Waals surface area contributed by atoms with E-state index >= 15 is 0 Å². The number of aromatic nitrogens is 2. The monoisotopic (exact) mass is 237 g/mol. The summed E-state index contributed by atoms with van der Waals surface area (Å²) in [6.07, 6.45) is 5.97. The molecule has 0 radical (unpaired) electrons. The van der Waals surface area contributed by atoms with E-state index in [1.54, 1.807) is 19.5 Å². The predicted molar refractivity (Wildman–Crippen MR) is 63.9 cm³/mol. The number of hydrogen-bond donors (Lipinski definition) is 1. The number of methoxy groups -OCH3 is 1. The molecule has 2 rings (SSSR count). The fourth-order valence-corrected chi connectivity index (χ4v) is 1.51. The van der Waals surface area contributed by atoms with Gasteiger partial charge in [0.2, 0.25) is 5.88 Å². The molecule has 94 valence electrons. The Bertz CT molecular complexity index is 338. The van der Waals surface area contributed by atoms with Crippen LogP contribution in [-0.4, -0.2) is 35.8 Å². The number of nitrogens with one attached hydrogen (secondary N) is 1. The molecular formula is C12H19N3O2. The van der Waals surface area contributed by atoms with Gasteiger partial charge in [-0.1, -0.05) is 0 Å². The zero-order valence-corrected chi connectivity index (χ0v) is 10.3. The zero-order valence-electron chi connectivity index (χ0n) is 10.3. The molecule has 1 aliphatic carbocycles. The summed E-state index contributed by atoms with van der Waals surface area (Å²) in [6.45, 7) is 3.27. The Labute approximate surface area is 102 Å². The summed E-state index contributed by atoms with van der Waals surface area (Å²) in [5.74, 6) is 0.546. The van der Waals surface area contributed by atoms with Crippen molar-refractivity contribution in [2.75, 3.05) is 13.7 Å². The van der Waals surface area contributed by atoms with E-state index in [-0.39, 0.29) is 6.10 Å². The van der Waals surface area contributed by atoms with E-state index in [2.05, 4.69) is 15.3 Å². The van der Waals surface area contributed by atoms with E-state index < -0.39 is 0 Å². The van der Waals surface area contributed by atoms with Crippen molar-refractivity contribution >= 4 is 0 Å². The summed E-state index contributed by atoms with van der Waals surface area (Å²) < 4.78 is 10.5. The van der Waals surface area contributed by atoms with Gasteiger partial charge in [-0.3, -0.25) is 4.98 Å². The third kappa shape index (κ3) is 4.28. The zero-order chi connectivity index (χ0) is 12.1. The molecule has 1 fully saturated rings. The van der Waals surface area contributed by atoms with Crippen LogP contribution in [0.3, 0.4) is 0 Å². The quantitative estimate of drug-likeness (QED) is 0.770. The lowest BCUT2D eigenvalue weighted by atomic mass is 10.4. The van der Waals surface area contributed by atoms with Crippen LogP contribution in [0.5, 0.6) is 5.88 Å². The van der Waals surface area contributed by atoms with Crippen molar-refractivity contribution < 1.29 is 9.47 Å². The van der Waals surface area contributed by atoms with Gasteiger partial charge in [0.1, 0.15) is 6.10 Å². The second-order valence-corrected chi connectivity index (χ2v) is 4.38. The highest BCUT2D eigenvalue weighted by Gasteiger charge is 2.20. The number of ether oxygens (including phenoxy) is 2. The number of hydrogen-bond acceptors (Lipinski definition) is 5. The first-order valence-electron chi connectivity index (χ1n) is 5.98. The van der Waals surface area contributed by atoms with Crippen LogP contribution < -0.4 is 10.1 Å². The molecule has 1 saturated carbocycles. The maximum atomic E-state index is 5.53. The average molecular weight is 237 g/mol. The summed E-state index contributed by atoms with van der Waals surface area (Å²) >= 11 is 0. The minimum absolute atomic E-state index is 0.00950. The Morgan fingerprint density at radius 3 is 2.82 bits per heavy atom. The number of nitrogens with zero attached hydrogens (tertiary/aromatic N) is 2. The summed E-state index contributed by atoms with van der Waals surface area (Å²) in [6, 6.07) is 0.689.